The number of rotatable bonds is 9. The summed E-state index contributed by atoms with van der Waals surface area (Å²) in [4.78, 5) is 1.91. The molecular formula is C24H32N2S2. The molecule has 1 aromatic carbocycles. The Balaban J connectivity index is 2.92. The highest BCUT2D eigenvalue weighted by atomic mass is 32.2. The molecule has 0 aliphatic heterocycles. The van der Waals surface area contributed by atoms with Gasteiger partial charge >= 0.3 is 0 Å². The first-order valence-corrected chi connectivity index (χ1v) is 10.4. The molecule has 0 saturated heterocycles. The van der Waals surface area contributed by atoms with E-state index in [9.17, 15) is 0 Å². The maximum absolute atomic E-state index is 4.61. The molecule has 0 spiro atoms. The molecule has 0 unspecified atom stereocenters. The summed E-state index contributed by atoms with van der Waals surface area (Å²) in [6, 6.07) is 4.18. The normalized spacial score (nSPS) is 11.7. The van der Waals surface area contributed by atoms with Gasteiger partial charge in [-0.25, -0.2) is 0 Å². The third kappa shape index (κ3) is 7.91. The first kappa shape index (κ1) is 24.0. The molecular weight excluding hydrogens is 380 g/mol. The van der Waals surface area contributed by atoms with Gasteiger partial charge in [0.2, 0.25) is 0 Å². The van der Waals surface area contributed by atoms with Gasteiger partial charge in [0.05, 0.1) is 10.7 Å². The average Bonchev–Trinajstić information content (AvgIpc) is 2.54. The highest BCUT2D eigenvalue weighted by molar-refractivity contribution is 8.06. The van der Waals surface area contributed by atoms with E-state index in [0.717, 1.165) is 43.0 Å². The van der Waals surface area contributed by atoms with Gasteiger partial charge in [0.1, 0.15) is 0 Å². The Morgan fingerprint density at radius 3 is 2.21 bits per heavy atom. The van der Waals surface area contributed by atoms with Gasteiger partial charge in [-0.3, -0.25) is 0 Å². The van der Waals surface area contributed by atoms with E-state index in [-0.39, 0.29) is 0 Å². The fraction of sp³-hybridized carbons (Fsp3) is 0.250. The van der Waals surface area contributed by atoms with Crippen LogP contribution in [0.3, 0.4) is 0 Å². The van der Waals surface area contributed by atoms with Crippen molar-refractivity contribution in [3.63, 3.8) is 0 Å². The van der Waals surface area contributed by atoms with Crippen LogP contribution in [0.15, 0.2) is 87.5 Å². The van der Waals surface area contributed by atoms with Crippen molar-refractivity contribution in [2.75, 3.05) is 5.32 Å². The smallest absolute Gasteiger partial charge is 0.0701 e. The summed E-state index contributed by atoms with van der Waals surface area (Å²) >= 11 is 6.14. The van der Waals surface area contributed by atoms with Crippen molar-refractivity contribution in [2.24, 2.45) is 0 Å². The van der Waals surface area contributed by atoms with Crippen LogP contribution in [-0.2, 0) is 0 Å². The molecule has 0 amide bonds. The zero-order chi connectivity index (χ0) is 21.4. The maximum atomic E-state index is 4.61. The van der Waals surface area contributed by atoms with Crippen LogP contribution in [0, 0.1) is 13.8 Å². The second kappa shape index (κ2) is 11.1. The predicted octanol–water partition coefficient (Wildman–Crippen LogP) is 7.64. The molecule has 28 heavy (non-hydrogen) atoms. The zero-order valence-corrected chi connectivity index (χ0v) is 19.6. The van der Waals surface area contributed by atoms with Gasteiger partial charge < -0.3 is 10.6 Å². The Hall–Kier alpha value is -2.04. The Kier molecular flexibility index (Phi) is 9.50. The highest BCUT2D eigenvalue weighted by Crippen LogP contribution is 2.33. The van der Waals surface area contributed by atoms with E-state index >= 15 is 0 Å². The van der Waals surface area contributed by atoms with Crippen LogP contribution in [0.1, 0.15) is 38.8 Å². The third-order valence-electron chi connectivity index (χ3n) is 3.66. The molecule has 0 radical (unpaired) electrons. The summed E-state index contributed by atoms with van der Waals surface area (Å²) in [6.07, 6.45) is 6.10. The lowest BCUT2D eigenvalue weighted by molar-refractivity contribution is 1.08. The summed E-state index contributed by atoms with van der Waals surface area (Å²) in [5.41, 5.74) is 7.26. The van der Waals surface area contributed by atoms with Crippen LogP contribution >= 0.6 is 24.4 Å². The van der Waals surface area contributed by atoms with Gasteiger partial charge in [-0.1, -0.05) is 54.8 Å². The van der Waals surface area contributed by atoms with E-state index in [2.05, 4.69) is 82.8 Å². The molecule has 2 nitrogen and oxygen atoms in total. The summed E-state index contributed by atoms with van der Waals surface area (Å²) < 4.78 is 0. The van der Waals surface area contributed by atoms with Crippen LogP contribution in [0.2, 0.25) is 0 Å². The van der Waals surface area contributed by atoms with E-state index < -0.39 is 0 Å². The number of aryl methyl sites for hydroxylation is 2. The lowest BCUT2D eigenvalue weighted by Gasteiger charge is -2.18. The number of hydrogen-bond acceptors (Lipinski definition) is 4. The van der Waals surface area contributed by atoms with Crippen LogP contribution in [0.5, 0.6) is 0 Å². The van der Waals surface area contributed by atoms with Gasteiger partial charge in [0.25, 0.3) is 0 Å². The molecule has 0 fully saturated rings. The van der Waals surface area contributed by atoms with Crippen molar-refractivity contribution in [2.45, 2.75) is 46.4 Å². The summed E-state index contributed by atoms with van der Waals surface area (Å²) in [5, 5.41) is 7.58. The summed E-state index contributed by atoms with van der Waals surface area (Å²) in [6.45, 7) is 24.6. The van der Waals surface area contributed by atoms with Crippen molar-refractivity contribution in [3.05, 3.63) is 93.7 Å². The van der Waals surface area contributed by atoms with Crippen molar-refractivity contribution < 1.29 is 0 Å². The molecule has 0 aliphatic carbocycles. The fourth-order valence-electron chi connectivity index (χ4n) is 2.62. The summed E-state index contributed by atoms with van der Waals surface area (Å²) in [7, 11) is 0. The van der Waals surface area contributed by atoms with Crippen molar-refractivity contribution >= 4 is 30.1 Å². The maximum Gasteiger partial charge on any atom is 0.0701 e. The lowest BCUT2D eigenvalue weighted by atomic mass is 10.1. The monoisotopic (exact) mass is 412 g/mol. The SMILES string of the molecule is C=C(C)/C=C(\C=C(C)C)NC(=C)S/C(=C\C)C(=C)Nc1c(C)cc(C)cc1S. The molecule has 0 bridgehead atoms. The largest absolute Gasteiger partial charge is 0.354 e. The molecule has 0 saturated carbocycles. The Morgan fingerprint density at radius 2 is 1.71 bits per heavy atom. The molecule has 2 N–H and O–H groups in total. The molecule has 0 aliphatic rings. The van der Waals surface area contributed by atoms with E-state index in [1.165, 1.54) is 22.9 Å². The van der Waals surface area contributed by atoms with Crippen molar-refractivity contribution in [1.29, 1.82) is 0 Å². The van der Waals surface area contributed by atoms with Crippen LogP contribution in [0.4, 0.5) is 5.69 Å². The third-order valence-corrected chi connectivity index (χ3v) is 5.06. The van der Waals surface area contributed by atoms with Crippen LogP contribution < -0.4 is 10.6 Å². The van der Waals surface area contributed by atoms with E-state index in [4.69, 9.17) is 0 Å². The molecule has 1 rings (SSSR count). The number of hydrogen-bond donors (Lipinski definition) is 3. The number of thioether (sulfide) groups is 1. The molecule has 1 aromatic rings. The zero-order valence-electron chi connectivity index (χ0n) is 17.9. The summed E-state index contributed by atoms with van der Waals surface area (Å²) in [5.74, 6) is 0. The quantitative estimate of drug-likeness (QED) is 0.287. The van der Waals surface area contributed by atoms with E-state index in [1.807, 2.05) is 32.1 Å². The molecule has 4 heteroatoms. The Bertz CT molecular complexity index is 844. The number of allylic oxidation sites excluding steroid dienone is 5. The molecule has 0 heterocycles. The Labute approximate surface area is 180 Å². The number of nitrogens with one attached hydrogen (secondary N) is 2. The van der Waals surface area contributed by atoms with E-state index in [0.29, 0.717) is 0 Å². The number of thiol groups is 1. The van der Waals surface area contributed by atoms with Gasteiger partial charge in [-0.2, -0.15) is 0 Å². The van der Waals surface area contributed by atoms with Crippen molar-refractivity contribution in [1.82, 2.24) is 5.32 Å². The van der Waals surface area contributed by atoms with E-state index in [1.54, 1.807) is 0 Å². The van der Waals surface area contributed by atoms with Gasteiger partial charge in [-0.05, 0) is 70.9 Å². The van der Waals surface area contributed by atoms with Gasteiger partial charge in [0, 0.05) is 21.2 Å². The average molecular weight is 413 g/mol. The minimum atomic E-state index is 0.811. The minimum Gasteiger partial charge on any atom is -0.354 e. The molecule has 0 aromatic heterocycles. The van der Waals surface area contributed by atoms with Gasteiger partial charge in [0.15, 0.2) is 0 Å². The predicted molar refractivity (Wildman–Crippen MR) is 132 cm³/mol. The standard InChI is InChI=1S/C24H32N2S2/c1-10-23(19(8)25-24-18(7)13-17(6)14-22(24)27)28-20(9)26-21(11-15(2)3)12-16(4)5/h10-14,25-27H,2,8-9H2,1,3-7H3/b21-11+,23-10-. The number of benzene rings is 1. The minimum absolute atomic E-state index is 0.811. The molecule has 0 atom stereocenters. The fourth-order valence-corrected chi connectivity index (χ4v) is 3.79. The van der Waals surface area contributed by atoms with Crippen LogP contribution in [0.25, 0.3) is 0 Å². The second-order valence-corrected chi connectivity index (χ2v) is 8.67. The van der Waals surface area contributed by atoms with Crippen LogP contribution in [-0.4, -0.2) is 0 Å². The number of anilines is 1. The van der Waals surface area contributed by atoms with Crippen molar-refractivity contribution in [3.8, 4) is 0 Å². The first-order valence-electron chi connectivity index (χ1n) is 9.12. The van der Waals surface area contributed by atoms with Gasteiger partial charge in [-0.15, -0.1) is 12.6 Å². The molecule has 150 valence electrons. The second-order valence-electron chi connectivity index (χ2n) is 7.05. The first-order chi connectivity index (χ1) is 13.0. The highest BCUT2D eigenvalue weighted by Gasteiger charge is 2.10. The lowest BCUT2D eigenvalue weighted by Crippen LogP contribution is -2.10. The topological polar surface area (TPSA) is 24.1 Å². The Morgan fingerprint density at radius 1 is 1.07 bits per heavy atom.